The first-order valence-electron chi connectivity index (χ1n) is 6.07. The third-order valence-corrected chi connectivity index (χ3v) is 3.31. The smallest absolute Gasteiger partial charge is 0.251 e. The number of thiazole rings is 1. The fourth-order valence-corrected chi connectivity index (χ4v) is 2.18. The van der Waals surface area contributed by atoms with E-state index in [0.717, 1.165) is 17.8 Å². The summed E-state index contributed by atoms with van der Waals surface area (Å²) in [5.74, 6) is 0.597. The second kappa shape index (κ2) is 6.29. The Bertz CT molecular complexity index is 532. The summed E-state index contributed by atoms with van der Waals surface area (Å²) in [7, 11) is 1.79. The van der Waals surface area contributed by atoms with Crippen LogP contribution in [0.15, 0.2) is 23.0 Å². The Morgan fingerprint density at radius 1 is 1.37 bits per heavy atom. The maximum absolute atomic E-state index is 12.1. The summed E-state index contributed by atoms with van der Waals surface area (Å²) < 4.78 is 0. The van der Waals surface area contributed by atoms with Gasteiger partial charge in [-0.05, 0) is 18.6 Å². The Morgan fingerprint density at radius 2 is 2.21 bits per heavy atom. The van der Waals surface area contributed by atoms with Gasteiger partial charge in [-0.1, -0.05) is 6.92 Å². The van der Waals surface area contributed by atoms with Crippen molar-refractivity contribution in [3.63, 3.8) is 0 Å². The molecule has 2 N–H and O–H groups in total. The molecule has 0 radical (unpaired) electrons. The Labute approximate surface area is 116 Å². The number of aryl methyl sites for hydroxylation is 1. The number of rotatable bonds is 5. The molecule has 0 aliphatic carbocycles. The van der Waals surface area contributed by atoms with E-state index < -0.39 is 0 Å². The number of amides is 1. The maximum atomic E-state index is 12.1. The molecule has 0 fully saturated rings. The summed E-state index contributed by atoms with van der Waals surface area (Å²) in [4.78, 5) is 20.6. The highest BCUT2D eigenvalue weighted by Gasteiger charge is 2.09. The molecule has 0 saturated carbocycles. The minimum atomic E-state index is -0.110. The third-order valence-electron chi connectivity index (χ3n) is 2.67. The van der Waals surface area contributed by atoms with Crippen LogP contribution in [0.5, 0.6) is 0 Å². The molecule has 5 nitrogen and oxygen atoms in total. The predicted octanol–water partition coefficient (Wildman–Crippen LogP) is 2.07. The van der Waals surface area contributed by atoms with E-state index in [-0.39, 0.29) is 5.91 Å². The molecule has 0 aliphatic heterocycles. The molecule has 100 valence electrons. The van der Waals surface area contributed by atoms with Crippen molar-refractivity contribution in [3.8, 4) is 0 Å². The molecule has 0 atom stereocenters. The lowest BCUT2D eigenvalue weighted by molar-refractivity contribution is 0.0950. The minimum absolute atomic E-state index is 0.110. The number of carbonyl (C=O) groups excluding carboxylic acids is 1. The first-order chi connectivity index (χ1) is 9.22. The molecule has 19 heavy (non-hydrogen) atoms. The fourth-order valence-electron chi connectivity index (χ4n) is 1.63. The van der Waals surface area contributed by atoms with Gasteiger partial charge in [0, 0.05) is 23.7 Å². The second-order valence-electron chi connectivity index (χ2n) is 4.00. The molecular formula is C13H16N4OS. The molecular weight excluding hydrogens is 260 g/mol. The first-order valence-corrected chi connectivity index (χ1v) is 7.01. The largest absolute Gasteiger partial charge is 0.373 e. The van der Waals surface area contributed by atoms with Gasteiger partial charge in [-0.3, -0.25) is 4.79 Å². The Balaban J connectivity index is 2.09. The highest BCUT2D eigenvalue weighted by Crippen LogP contribution is 2.11. The summed E-state index contributed by atoms with van der Waals surface area (Å²) in [5, 5.41) is 7.74. The fraction of sp³-hybridized carbons (Fsp3) is 0.308. The van der Waals surface area contributed by atoms with Crippen molar-refractivity contribution in [1.82, 2.24) is 15.3 Å². The molecule has 2 rings (SSSR count). The van der Waals surface area contributed by atoms with Crippen LogP contribution < -0.4 is 10.6 Å². The normalized spacial score (nSPS) is 10.2. The van der Waals surface area contributed by atoms with Gasteiger partial charge in [0.25, 0.3) is 5.91 Å². The molecule has 0 aliphatic rings. The van der Waals surface area contributed by atoms with E-state index in [9.17, 15) is 4.79 Å². The zero-order valence-electron chi connectivity index (χ0n) is 10.9. The number of carbonyl (C=O) groups is 1. The molecule has 0 bridgehead atoms. The summed E-state index contributed by atoms with van der Waals surface area (Å²) in [6.07, 6.45) is 0.794. The van der Waals surface area contributed by atoms with Gasteiger partial charge in [-0.15, -0.1) is 11.3 Å². The topological polar surface area (TPSA) is 66.9 Å². The lowest BCUT2D eigenvalue weighted by Crippen LogP contribution is -2.23. The zero-order chi connectivity index (χ0) is 13.7. The molecule has 1 amide bonds. The Kier molecular flexibility index (Phi) is 4.46. The summed E-state index contributed by atoms with van der Waals surface area (Å²) in [6, 6.07) is 3.56. The van der Waals surface area contributed by atoms with Crippen molar-refractivity contribution in [2.45, 2.75) is 19.9 Å². The van der Waals surface area contributed by atoms with Crippen LogP contribution >= 0.6 is 11.3 Å². The van der Waals surface area contributed by atoms with Crippen LogP contribution in [0.4, 0.5) is 5.82 Å². The number of pyridine rings is 1. The number of nitrogens with zero attached hydrogens (tertiary/aromatic N) is 2. The van der Waals surface area contributed by atoms with Gasteiger partial charge in [0.1, 0.15) is 5.82 Å². The zero-order valence-corrected chi connectivity index (χ0v) is 11.8. The highest BCUT2D eigenvalue weighted by molar-refractivity contribution is 7.07. The van der Waals surface area contributed by atoms with Gasteiger partial charge in [0.15, 0.2) is 0 Å². The van der Waals surface area contributed by atoms with E-state index in [1.165, 1.54) is 11.3 Å². The monoisotopic (exact) mass is 276 g/mol. The number of anilines is 1. The van der Waals surface area contributed by atoms with Gasteiger partial charge < -0.3 is 10.6 Å². The molecule has 0 unspecified atom stereocenters. The molecule has 2 heterocycles. The van der Waals surface area contributed by atoms with Crippen LogP contribution in [-0.2, 0) is 13.0 Å². The summed E-state index contributed by atoms with van der Waals surface area (Å²) in [6.45, 7) is 2.46. The van der Waals surface area contributed by atoms with E-state index in [0.29, 0.717) is 17.9 Å². The van der Waals surface area contributed by atoms with E-state index in [4.69, 9.17) is 0 Å². The van der Waals surface area contributed by atoms with Crippen LogP contribution in [0.2, 0.25) is 0 Å². The van der Waals surface area contributed by atoms with Crippen molar-refractivity contribution < 1.29 is 4.79 Å². The van der Waals surface area contributed by atoms with Crippen molar-refractivity contribution in [1.29, 1.82) is 0 Å². The van der Waals surface area contributed by atoms with Crippen molar-refractivity contribution >= 4 is 23.1 Å². The van der Waals surface area contributed by atoms with E-state index >= 15 is 0 Å². The molecule has 2 aromatic rings. The van der Waals surface area contributed by atoms with Gasteiger partial charge in [-0.25, -0.2) is 9.97 Å². The number of hydrogen-bond acceptors (Lipinski definition) is 5. The lowest BCUT2D eigenvalue weighted by Gasteiger charge is -2.08. The van der Waals surface area contributed by atoms with Crippen molar-refractivity contribution in [2.24, 2.45) is 0 Å². The number of nitrogens with one attached hydrogen (secondary N) is 2. The van der Waals surface area contributed by atoms with Crippen LogP contribution in [0.25, 0.3) is 0 Å². The minimum Gasteiger partial charge on any atom is -0.373 e. The second-order valence-corrected chi connectivity index (χ2v) is 4.72. The SMILES string of the molecule is CCc1cc(C(=O)NCc2cscn2)cc(NC)n1. The molecule has 0 aromatic carbocycles. The molecule has 0 saturated heterocycles. The molecule has 2 aromatic heterocycles. The van der Waals surface area contributed by atoms with Crippen LogP contribution in [-0.4, -0.2) is 22.9 Å². The van der Waals surface area contributed by atoms with E-state index in [1.54, 1.807) is 18.6 Å². The molecule has 6 heteroatoms. The Hall–Kier alpha value is -1.95. The first kappa shape index (κ1) is 13.5. The standard InChI is InChI=1S/C13H16N4OS/c1-3-10-4-9(5-12(14-2)17-10)13(18)15-6-11-7-19-8-16-11/h4-5,7-8H,3,6H2,1-2H3,(H,14,17)(H,15,18). The third kappa shape index (κ3) is 3.51. The number of hydrogen-bond donors (Lipinski definition) is 2. The van der Waals surface area contributed by atoms with Crippen molar-refractivity contribution in [3.05, 3.63) is 40.0 Å². The van der Waals surface area contributed by atoms with Crippen molar-refractivity contribution in [2.75, 3.05) is 12.4 Å². The summed E-state index contributed by atoms with van der Waals surface area (Å²) >= 11 is 1.52. The predicted molar refractivity (Wildman–Crippen MR) is 76.4 cm³/mol. The Morgan fingerprint density at radius 3 is 2.84 bits per heavy atom. The average Bonchev–Trinajstić information content (AvgIpc) is 2.97. The van der Waals surface area contributed by atoms with Gasteiger partial charge >= 0.3 is 0 Å². The highest BCUT2D eigenvalue weighted by atomic mass is 32.1. The van der Waals surface area contributed by atoms with Crippen LogP contribution in [0.3, 0.4) is 0 Å². The maximum Gasteiger partial charge on any atom is 0.251 e. The summed E-state index contributed by atoms with van der Waals surface area (Å²) in [5.41, 5.74) is 4.14. The van der Waals surface area contributed by atoms with E-state index in [2.05, 4.69) is 20.6 Å². The van der Waals surface area contributed by atoms with Gasteiger partial charge in [0.2, 0.25) is 0 Å². The average molecular weight is 276 g/mol. The lowest BCUT2D eigenvalue weighted by atomic mass is 10.2. The molecule has 0 spiro atoms. The van der Waals surface area contributed by atoms with E-state index in [1.807, 2.05) is 18.4 Å². The van der Waals surface area contributed by atoms with Gasteiger partial charge in [0.05, 0.1) is 17.7 Å². The number of aromatic nitrogens is 2. The van der Waals surface area contributed by atoms with Crippen LogP contribution in [0.1, 0.15) is 28.7 Å². The quantitative estimate of drug-likeness (QED) is 0.877. The van der Waals surface area contributed by atoms with Gasteiger partial charge in [-0.2, -0.15) is 0 Å². The van der Waals surface area contributed by atoms with Crippen LogP contribution in [0, 0.1) is 0 Å².